The molecule has 0 amide bonds. The SMILES string of the molecule is CCCCCCOC(=O)C=C(CCCC)C(=O)OCCCCCC. The fourth-order valence-corrected chi connectivity index (χ4v) is 2.27. The van der Waals surface area contributed by atoms with E-state index in [1.165, 1.54) is 6.08 Å². The zero-order valence-electron chi connectivity index (χ0n) is 15.9. The van der Waals surface area contributed by atoms with E-state index >= 15 is 0 Å². The first kappa shape index (κ1) is 22.7. The van der Waals surface area contributed by atoms with Crippen LogP contribution in [0, 0.1) is 0 Å². The summed E-state index contributed by atoms with van der Waals surface area (Å²) in [5.74, 6) is -0.802. The van der Waals surface area contributed by atoms with Crippen LogP contribution >= 0.6 is 0 Å². The van der Waals surface area contributed by atoms with Crippen molar-refractivity contribution in [3.63, 3.8) is 0 Å². The first-order valence-corrected chi connectivity index (χ1v) is 9.70. The van der Waals surface area contributed by atoms with Crippen LogP contribution in [0.15, 0.2) is 11.6 Å². The lowest BCUT2D eigenvalue weighted by Gasteiger charge is -2.08. The van der Waals surface area contributed by atoms with Gasteiger partial charge in [-0.05, 0) is 25.7 Å². The Bertz CT molecular complexity index is 361. The fourth-order valence-electron chi connectivity index (χ4n) is 2.27. The molecule has 24 heavy (non-hydrogen) atoms. The summed E-state index contributed by atoms with van der Waals surface area (Å²) in [6.45, 7) is 7.19. The third-order valence-electron chi connectivity index (χ3n) is 3.83. The van der Waals surface area contributed by atoms with Crippen LogP contribution in [0.2, 0.25) is 0 Å². The van der Waals surface area contributed by atoms with E-state index in [9.17, 15) is 9.59 Å². The molecule has 0 aliphatic carbocycles. The normalized spacial score (nSPS) is 11.4. The highest BCUT2D eigenvalue weighted by Crippen LogP contribution is 2.11. The molecule has 0 fully saturated rings. The molecule has 0 radical (unpaired) electrons. The van der Waals surface area contributed by atoms with Gasteiger partial charge in [0.25, 0.3) is 0 Å². The van der Waals surface area contributed by atoms with Crippen molar-refractivity contribution in [1.29, 1.82) is 0 Å². The van der Waals surface area contributed by atoms with Gasteiger partial charge in [0.1, 0.15) is 0 Å². The predicted octanol–water partition coefficient (Wildman–Crippen LogP) is 5.35. The second-order valence-corrected chi connectivity index (χ2v) is 6.20. The monoisotopic (exact) mass is 340 g/mol. The molecule has 0 aromatic heterocycles. The van der Waals surface area contributed by atoms with Crippen molar-refractivity contribution in [2.75, 3.05) is 13.2 Å². The van der Waals surface area contributed by atoms with E-state index in [0.717, 1.165) is 64.2 Å². The van der Waals surface area contributed by atoms with Crippen LogP contribution in [0.3, 0.4) is 0 Å². The molecule has 0 N–H and O–H groups in total. The van der Waals surface area contributed by atoms with Gasteiger partial charge in [-0.3, -0.25) is 0 Å². The van der Waals surface area contributed by atoms with Crippen LogP contribution in [0.4, 0.5) is 0 Å². The maximum atomic E-state index is 12.1. The molecule has 0 aliphatic rings. The Labute approximate surface area is 148 Å². The molecule has 140 valence electrons. The summed E-state index contributed by atoms with van der Waals surface area (Å²) in [5, 5.41) is 0. The van der Waals surface area contributed by atoms with Crippen LogP contribution in [0.25, 0.3) is 0 Å². The minimum atomic E-state index is -0.430. The largest absolute Gasteiger partial charge is 0.463 e. The van der Waals surface area contributed by atoms with Gasteiger partial charge in [0, 0.05) is 11.6 Å². The highest BCUT2D eigenvalue weighted by molar-refractivity contribution is 5.96. The number of ether oxygens (including phenoxy) is 2. The number of rotatable bonds is 15. The molecule has 0 heterocycles. The van der Waals surface area contributed by atoms with Gasteiger partial charge in [-0.2, -0.15) is 0 Å². The molecule has 0 spiro atoms. The fraction of sp³-hybridized carbons (Fsp3) is 0.800. The third-order valence-corrected chi connectivity index (χ3v) is 3.83. The van der Waals surface area contributed by atoms with Gasteiger partial charge in [0.05, 0.1) is 13.2 Å². The smallest absolute Gasteiger partial charge is 0.334 e. The van der Waals surface area contributed by atoms with E-state index < -0.39 is 5.97 Å². The minimum Gasteiger partial charge on any atom is -0.463 e. The molecular formula is C20H36O4. The molecular weight excluding hydrogens is 304 g/mol. The van der Waals surface area contributed by atoms with Crippen molar-refractivity contribution in [2.24, 2.45) is 0 Å². The summed E-state index contributed by atoms with van der Waals surface area (Å²) < 4.78 is 10.5. The van der Waals surface area contributed by atoms with Crippen molar-refractivity contribution in [3.8, 4) is 0 Å². The second kappa shape index (κ2) is 16.5. The molecule has 0 saturated carbocycles. The molecule has 0 aromatic rings. The first-order chi connectivity index (χ1) is 11.7. The number of carbonyl (C=O) groups excluding carboxylic acids is 2. The van der Waals surface area contributed by atoms with Crippen molar-refractivity contribution < 1.29 is 19.1 Å². The Morgan fingerprint density at radius 2 is 1.25 bits per heavy atom. The molecule has 4 heteroatoms. The number of hydrogen-bond acceptors (Lipinski definition) is 4. The number of esters is 2. The standard InChI is InChI=1S/C20H36O4/c1-4-7-10-12-15-23-19(21)17-18(14-9-6-3)20(22)24-16-13-11-8-5-2/h17H,4-16H2,1-3H3. The van der Waals surface area contributed by atoms with Gasteiger partial charge in [-0.1, -0.05) is 65.7 Å². The van der Waals surface area contributed by atoms with E-state index in [4.69, 9.17) is 9.47 Å². The molecule has 0 saturated heterocycles. The molecule has 0 bridgehead atoms. The summed E-state index contributed by atoms with van der Waals surface area (Å²) >= 11 is 0. The number of hydrogen-bond donors (Lipinski definition) is 0. The van der Waals surface area contributed by atoms with Crippen molar-refractivity contribution in [2.45, 2.75) is 91.4 Å². The van der Waals surface area contributed by atoms with E-state index in [1.807, 2.05) is 0 Å². The van der Waals surface area contributed by atoms with Crippen LogP contribution in [-0.2, 0) is 19.1 Å². The predicted molar refractivity (Wildman–Crippen MR) is 97.8 cm³/mol. The van der Waals surface area contributed by atoms with Crippen molar-refractivity contribution in [1.82, 2.24) is 0 Å². The number of carbonyl (C=O) groups is 2. The summed E-state index contributed by atoms with van der Waals surface area (Å²) in [6.07, 6.45) is 12.2. The molecule has 0 aliphatic heterocycles. The third kappa shape index (κ3) is 13.1. The highest BCUT2D eigenvalue weighted by atomic mass is 16.5. The lowest BCUT2D eigenvalue weighted by molar-refractivity contribution is -0.141. The first-order valence-electron chi connectivity index (χ1n) is 9.70. The van der Waals surface area contributed by atoms with E-state index in [-0.39, 0.29) is 5.97 Å². The van der Waals surface area contributed by atoms with E-state index in [1.54, 1.807) is 0 Å². The second-order valence-electron chi connectivity index (χ2n) is 6.20. The van der Waals surface area contributed by atoms with Gasteiger partial charge < -0.3 is 9.47 Å². The van der Waals surface area contributed by atoms with Gasteiger partial charge in [-0.15, -0.1) is 0 Å². The van der Waals surface area contributed by atoms with Gasteiger partial charge in [0.2, 0.25) is 0 Å². The van der Waals surface area contributed by atoms with Gasteiger partial charge in [-0.25, -0.2) is 9.59 Å². The maximum absolute atomic E-state index is 12.1. The summed E-state index contributed by atoms with van der Waals surface area (Å²) in [5.41, 5.74) is 0.436. The lowest BCUT2D eigenvalue weighted by atomic mass is 10.1. The number of unbranched alkanes of at least 4 members (excludes halogenated alkanes) is 7. The molecule has 0 atom stereocenters. The zero-order chi connectivity index (χ0) is 18.0. The Kier molecular flexibility index (Phi) is 15.6. The zero-order valence-corrected chi connectivity index (χ0v) is 15.9. The van der Waals surface area contributed by atoms with E-state index in [0.29, 0.717) is 25.2 Å². The van der Waals surface area contributed by atoms with Crippen LogP contribution in [0.5, 0.6) is 0 Å². The summed E-state index contributed by atoms with van der Waals surface area (Å²) in [4.78, 5) is 24.0. The maximum Gasteiger partial charge on any atom is 0.334 e. The van der Waals surface area contributed by atoms with Crippen LogP contribution in [-0.4, -0.2) is 25.2 Å². The quantitative estimate of drug-likeness (QED) is 0.229. The Balaban J connectivity index is 4.29. The molecule has 0 unspecified atom stereocenters. The van der Waals surface area contributed by atoms with Crippen molar-refractivity contribution in [3.05, 3.63) is 11.6 Å². The Hall–Kier alpha value is -1.32. The minimum absolute atomic E-state index is 0.372. The average molecular weight is 341 g/mol. The van der Waals surface area contributed by atoms with Gasteiger partial charge >= 0.3 is 11.9 Å². The van der Waals surface area contributed by atoms with Crippen molar-refractivity contribution >= 4 is 11.9 Å². The Morgan fingerprint density at radius 1 is 0.708 bits per heavy atom. The van der Waals surface area contributed by atoms with Gasteiger partial charge in [0.15, 0.2) is 0 Å². The summed E-state index contributed by atoms with van der Waals surface area (Å²) in [7, 11) is 0. The lowest BCUT2D eigenvalue weighted by Crippen LogP contribution is -2.12. The Morgan fingerprint density at radius 3 is 1.79 bits per heavy atom. The average Bonchev–Trinajstić information content (AvgIpc) is 2.58. The molecule has 0 rings (SSSR count). The molecule has 0 aromatic carbocycles. The topological polar surface area (TPSA) is 52.6 Å². The summed E-state index contributed by atoms with van der Waals surface area (Å²) in [6, 6.07) is 0. The van der Waals surface area contributed by atoms with E-state index in [2.05, 4.69) is 20.8 Å². The highest BCUT2D eigenvalue weighted by Gasteiger charge is 2.13. The molecule has 4 nitrogen and oxygen atoms in total. The van der Waals surface area contributed by atoms with Crippen LogP contribution in [0.1, 0.15) is 91.4 Å². The van der Waals surface area contributed by atoms with Crippen LogP contribution < -0.4 is 0 Å².